The summed E-state index contributed by atoms with van der Waals surface area (Å²) in [4.78, 5) is 0. The topological polar surface area (TPSA) is 45.8 Å². The Labute approximate surface area is 199 Å². The van der Waals surface area contributed by atoms with Crippen molar-refractivity contribution in [3.05, 3.63) is 122 Å². The molecule has 0 unspecified atom stereocenters. The Morgan fingerprint density at radius 3 is 1.22 bits per heavy atom. The van der Waals surface area contributed by atoms with E-state index in [9.17, 15) is 0 Å². The highest BCUT2D eigenvalue weighted by molar-refractivity contribution is 5.42. The molecular weight excluding hydrogens is 392 g/mol. The molecule has 180 valence electrons. The fourth-order valence-corrected chi connectivity index (χ4v) is 2.32. The van der Waals surface area contributed by atoms with Crippen molar-refractivity contribution in [3.63, 3.8) is 0 Å². The van der Waals surface area contributed by atoms with Gasteiger partial charge in [-0.15, -0.1) is 0 Å². The summed E-state index contributed by atoms with van der Waals surface area (Å²) < 4.78 is 0. The summed E-state index contributed by atoms with van der Waals surface area (Å²) in [5.41, 5.74) is 4.85. The second-order valence-electron chi connectivity index (χ2n) is 5.56. The molecule has 0 atom stereocenters. The van der Waals surface area contributed by atoms with E-state index in [2.05, 4.69) is 62.8 Å². The molecule has 0 saturated carbocycles. The van der Waals surface area contributed by atoms with Crippen LogP contribution in [0.3, 0.4) is 0 Å². The van der Waals surface area contributed by atoms with E-state index in [0.29, 0.717) is 0 Å². The van der Waals surface area contributed by atoms with Crippen LogP contribution in [-0.4, -0.2) is 24.4 Å². The average molecular weight is 443 g/mol. The number of hydrogen-bond donors (Lipinski definition) is 0. The summed E-state index contributed by atoms with van der Waals surface area (Å²) in [6, 6.07) is 0. The van der Waals surface area contributed by atoms with E-state index in [1.807, 2.05) is 52.0 Å². The Hall–Kier alpha value is -2.68. The standard InChI is InChI=1S/2C12H14.2C2H6.2CH4O/c2*1-3-4-8-11(2)12-9-6-5-7-10-12;4*1-2/h2*3-6,8-9H,1-2,7,10H2;2*1-2H3;2*2H,1H3/p+2/b2*8-4-;;;;. The first-order valence-corrected chi connectivity index (χ1v) is 11.4. The molecule has 32 heavy (non-hydrogen) atoms. The van der Waals surface area contributed by atoms with E-state index in [1.54, 1.807) is 12.2 Å². The molecule has 0 saturated heterocycles. The maximum atomic E-state index is 5.75. The first-order valence-electron chi connectivity index (χ1n) is 11.4. The SMILES string of the molecule is C=C/C=C\C(=C)C1=CC=CCC1.C=C/C=C\C(=C)C1=CC=CCC1.CC.CC.C[OH2+].C[OH2+]. The van der Waals surface area contributed by atoms with Gasteiger partial charge in [-0.2, -0.15) is 0 Å². The van der Waals surface area contributed by atoms with Gasteiger partial charge in [0, 0.05) is 0 Å². The summed E-state index contributed by atoms with van der Waals surface area (Å²) in [7, 11) is 2.50. The summed E-state index contributed by atoms with van der Waals surface area (Å²) in [5.74, 6) is 0. The zero-order chi connectivity index (χ0) is 25.6. The third-order valence-electron chi connectivity index (χ3n) is 3.72. The van der Waals surface area contributed by atoms with Gasteiger partial charge in [-0.1, -0.05) is 127 Å². The van der Waals surface area contributed by atoms with Gasteiger partial charge in [-0.3, -0.25) is 0 Å². The van der Waals surface area contributed by atoms with Crippen molar-refractivity contribution in [3.8, 4) is 0 Å². The van der Waals surface area contributed by atoms with Crippen molar-refractivity contribution >= 4 is 0 Å². The smallest absolute Gasteiger partial charge is 0.133 e. The van der Waals surface area contributed by atoms with Crippen LogP contribution < -0.4 is 0 Å². The Balaban J connectivity index is -0.000000187. The van der Waals surface area contributed by atoms with Crippen LogP contribution in [0, 0.1) is 0 Å². The van der Waals surface area contributed by atoms with Gasteiger partial charge in [0.15, 0.2) is 0 Å². The summed E-state index contributed by atoms with van der Waals surface area (Å²) in [6.07, 6.45) is 28.6. The van der Waals surface area contributed by atoms with Gasteiger partial charge in [0.2, 0.25) is 0 Å². The predicted octanol–water partition coefficient (Wildman–Crippen LogP) is 7.86. The summed E-state index contributed by atoms with van der Waals surface area (Å²) in [6.45, 7) is 23.2. The lowest BCUT2D eigenvalue weighted by Gasteiger charge is -2.07. The molecule has 0 aromatic rings. The molecule has 0 aromatic heterocycles. The zero-order valence-corrected chi connectivity index (χ0v) is 21.6. The van der Waals surface area contributed by atoms with E-state index < -0.39 is 0 Å². The van der Waals surface area contributed by atoms with E-state index in [0.717, 1.165) is 36.8 Å². The molecular formula is C30H50O2+2. The maximum absolute atomic E-state index is 5.75. The van der Waals surface area contributed by atoms with Crippen LogP contribution in [0.25, 0.3) is 0 Å². The minimum absolute atomic E-state index is 1.10. The Morgan fingerprint density at radius 2 is 1.00 bits per heavy atom. The molecule has 0 aliphatic heterocycles. The third-order valence-corrected chi connectivity index (χ3v) is 3.72. The minimum atomic E-state index is 1.10. The molecule has 0 heterocycles. The molecule has 2 heteroatoms. The van der Waals surface area contributed by atoms with Crippen LogP contribution in [0.2, 0.25) is 0 Å². The lowest BCUT2D eigenvalue weighted by molar-refractivity contribution is 0.399. The zero-order valence-electron chi connectivity index (χ0n) is 21.6. The normalized spacial score (nSPS) is 12.9. The second kappa shape index (κ2) is 33.0. The number of hydrogen-bond acceptors (Lipinski definition) is 0. The van der Waals surface area contributed by atoms with Crippen molar-refractivity contribution < 1.29 is 10.2 Å². The number of allylic oxidation sites excluding steroid dienone is 16. The molecule has 0 amide bonds. The van der Waals surface area contributed by atoms with Crippen LogP contribution in [0.15, 0.2) is 122 Å². The van der Waals surface area contributed by atoms with E-state index >= 15 is 0 Å². The maximum Gasteiger partial charge on any atom is 0.133 e. The minimum Gasteiger partial charge on any atom is -0.448 e. The Bertz CT molecular complexity index is 592. The molecule has 0 fully saturated rings. The fourth-order valence-electron chi connectivity index (χ4n) is 2.32. The molecule has 0 aromatic carbocycles. The molecule has 0 radical (unpaired) electrons. The van der Waals surface area contributed by atoms with Gasteiger partial charge in [-0.25, -0.2) is 0 Å². The van der Waals surface area contributed by atoms with Gasteiger partial charge in [-0.05, 0) is 48.0 Å². The van der Waals surface area contributed by atoms with Gasteiger partial charge in [0.25, 0.3) is 0 Å². The summed E-state index contributed by atoms with van der Waals surface area (Å²) in [5, 5.41) is 11.5. The molecule has 2 nitrogen and oxygen atoms in total. The highest BCUT2D eigenvalue weighted by atomic mass is 16.2. The first-order chi connectivity index (χ1) is 15.7. The van der Waals surface area contributed by atoms with Crippen LogP contribution in [0.4, 0.5) is 0 Å². The average Bonchev–Trinajstić information content (AvgIpc) is 2.91. The van der Waals surface area contributed by atoms with Crippen LogP contribution in [0.5, 0.6) is 0 Å². The largest absolute Gasteiger partial charge is 0.448 e. The Kier molecular flexibility index (Phi) is 37.8. The van der Waals surface area contributed by atoms with Crippen LogP contribution >= 0.6 is 0 Å². The van der Waals surface area contributed by atoms with Crippen molar-refractivity contribution in [2.75, 3.05) is 14.2 Å². The quantitative estimate of drug-likeness (QED) is 0.297. The third kappa shape index (κ3) is 22.0. The lowest BCUT2D eigenvalue weighted by Crippen LogP contribution is -1.88. The molecule has 2 rings (SSSR count). The van der Waals surface area contributed by atoms with Gasteiger partial charge in [0.05, 0.1) is 0 Å². The van der Waals surface area contributed by atoms with Crippen molar-refractivity contribution in [2.24, 2.45) is 0 Å². The highest BCUT2D eigenvalue weighted by Crippen LogP contribution is 2.20. The van der Waals surface area contributed by atoms with Gasteiger partial charge < -0.3 is 10.2 Å². The van der Waals surface area contributed by atoms with Crippen molar-refractivity contribution in [1.29, 1.82) is 0 Å². The molecule has 2 aliphatic rings. The molecule has 0 bridgehead atoms. The van der Waals surface area contributed by atoms with E-state index in [1.165, 1.54) is 25.4 Å². The van der Waals surface area contributed by atoms with Crippen molar-refractivity contribution in [2.45, 2.75) is 53.4 Å². The fraction of sp³-hybridized carbons (Fsp3) is 0.333. The van der Waals surface area contributed by atoms with Crippen LogP contribution in [0.1, 0.15) is 53.4 Å². The van der Waals surface area contributed by atoms with E-state index in [-0.39, 0.29) is 0 Å². The lowest BCUT2D eigenvalue weighted by atomic mass is 9.98. The molecule has 2 aliphatic carbocycles. The van der Waals surface area contributed by atoms with Gasteiger partial charge >= 0.3 is 0 Å². The van der Waals surface area contributed by atoms with Crippen molar-refractivity contribution in [1.82, 2.24) is 0 Å². The molecule has 4 N–H and O–H groups in total. The van der Waals surface area contributed by atoms with Gasteiger partial charge in [0.1, 0.15) is 14.2 Å². The Morgan fingerprint density at radius 1 is 0.688 bits per heavy atom. The second-order valence-corrected chi connectivity index (χ2v) is 5.56. The molecule has 0 spiro atoms. The first kappa shape index (κ1) is 36.7. The highest BCUT2D eigenvalue weighted by Gasteiger charge is 2.00. The monoisotopic (exact) mass is 442 g/mol. The number of rotatable bonds is 6. The summed E-state index contributed by atoms with van der Waals surface area (Å²) >= 11 is 0. The predicted molar refractivity (Wildman–Crippen MR) is 152 cm³/mol. The van der Waals surface area contributed by atoms with E-state index in [4.69, 9.17) is 10.2 Å². The van der Waals surface area contributed by atoms with Crippen LogP contribution in [-0.2, 0) is 0 Å².